The maximum atomic E-state index is 12.6. The summed E-state index contributed by atoms with van der Waals surface area (Å²) in [5.41, 5.74) is 3.18. The first kappa shape index (κ1) is 17.2. The summed E-state index contributed by atoms with van der Waals surface area (Å²) >= 11 is 0. The molecule has 1 saturated heterocycles. The first-order valence-corrected chi connectivity index (χ1v) is 9.21. The number of fused-ring (bicyclic) bond motifs is 1. The van der Waals surface area contributed by atoms with Crippen molar-refractivity contribution in [3.05, 3.63) is 35.0 Å². The van der Waals surface area contributed by atoms with E-state index >= 15 is 0 Å². The van der Waals surface area contributed by atoms with Gasteiger partial charge in [0.1, 0.15) is 5.76 Å². The Kier molecular flexibility index (Phi) is 4.78. The third kappa shape index (κ3) is 3.39. The van der Waals surface area contributed by atoms with Gasteiger partial charge in [0, 0.05) is 37.9 Å². The highest BCUT2D eigenvalue weighted by atomic mass is 16.7. The topological polar surface area (TPSA) is 76.6 Å². The van der Waals surface area contributed by atoms with E-state index in [4.69, 9.17) is 9.36 Å². The molecule has 0 N–H and O–H groups in total. The van der Waals surface area contributed by atoms with Gasteiger partial charge in [0.2, 0.25) is 5.91 Å². The Bertz CT molecular complexity index is 758. The van der Waals surface area contributed by atoms with Crippen LogP contribution in [0.4, 0.5) is 0 Å². The van der Waals surface area contributed by atoms with E-state index in [2.05, 4.69) is 15.2 Å². The van der Waals surface area contributed by atoms with Crippen LogP contribution in [-0.4, -0.2) is 50.5 Å². The summed E-state index contributed by atoms with van der Waals surface area (Å²) in [5, 5.41) is 10.0. The number of hydrogen-bond acceptors (Lipinski definition) is 6. The predicted molar refractivity (Wildman–Crippen MR) is 92.9 cm³/mol. The minimum atomic E-state index is 0.00671. The number of aromatic nitrogens is 3. The summed E-state index contributed by atoms with van der Waals surface area (Å²) in [6, 6.07) is 2.03. The Balaban J connectivity index is 1.48. The van der Waals surface area contributed by atoms with Crippen molar-refractivity contribution in [2.45, 2.75) is 52.2 Å². The Morgan fingerprint density at radius 1 is 1.35 bits per heavy atom. The van der Waals surface area contributed by atoms with Gasteiger partial charge in [-0.1, -0.05) is 5.16 Å². The fourth-order valence-corrected chi connectivity index (χ4v) is 3.78. The third-order valence-corrected chi connectivity index (χ3v) is 5.21. The second-order valence-electron chi connectivity index (χ2n) is 7.13. The average Bonchev–Trinajstić information content (AvgIpc) is 3.24. The van der Waals surface area contributed by atoms with Crippen molar-refractivity contribution in [1.29, 1.82) is 0 Å². The molecule has 0 bridgehead atoms. The van der Waals surface area contributed by atoms with Crippen LogP contribution in [0, 0.1) is 13.8 Å². The molecule has 8 heteroatoms. The summed E-state index contributed by atoms with van der Waals surface area (Å²) < 4.78 is 7.28. The Labute approximate surface area is 152 Å². The van der Waals surface area contributed by atoms with Crippen molar-refractivity contribution >= 4 is 5.91 Å². The van der Waals surface area contributed by atoms with Gasteiger partial charge in [0.25, 0.3) is 0 Å². The van der Waals surface area contributed by atoms with Crippen LogP contribution in [-0.2, 0) is 22.7 Å². The first-order valence-electron chi connectivity index (χ1n) is 9.21. The number of carbonyl (C=O) groups excluding carboxylic acids is 1. The molecule has 0 aromatic carbocycles. The lowest BCUT2D eigenvalue weighted by Crippen LogP contribution is -2.42. The second-order valence-corrected chi connectivity index (χ2v) is 7.13. The van der Waals surface area contributed by atoms with Crippen molar-refractivity contribution < 1.29 is 14.2 Å². The molecule has 8 nitrogen and oxygen atoms in total. The van der Waals surface area contributed by atoms with Crippen LogP contribution in [0.3, 0.4) is 0 Å². The lowest BCUT2D eigenvalue weighted by molar-refractivity contribution is -0.198. The normalized spacial score (nSPS) is 21.0. The number of rotatable bonds is 4. The summed E-state index contributed by atoms with van der Waals surface area (Å²) in [6.07, 6.45) is 4.22. The molecule has 1 amide bonds. The number of amides is 1. The minimum absolute atomic E-state index is 0.00671. The van der Waals surface area contributed by atoms with Crippen LogP contribution >= 0.6 is 0 Å². The summed E-state index contributed by atoms with van der Waals surface area (Å²) in [4.78, 5) is 20.5. The molecule has 1 unspecified atom stereocenters. The average molecular weight is 359 g/mol. The lowest BCUT2D eigenvalue weighted by Gasteiger charge is -2.35. The lowest BCUT2D eigenvalue weighted by atomic mass is 10.1. The van der Waals surface area contributed by atoms with Crippen molar-refractivity contribution in [2.24, 2.45) is 0 Å². The molecule has 0 spiro atoms. The van der Waals surface area contributed by atoms with Crippen molar-refractivity contribution in [3.63, 3.8) is 0 Å². The molecule has 140 valence electrons. The molecular weight excluding hydrogens is 334 g/mol. The standard InChI is InChI=1S/C18H25N5O3/c1-13-17(14(2)26-20-13)12-21-10-15-5-6-19-23(15)16(11-21)9-18(24)22-7-3-4-8-25-22/h5-6,16H,3-4,7-12H2,1-2H3. The minimum Gasteiger partial charge on any atom is -0.361 e. The van der Waals surface area contributed by atoms with Gasteiger partial charge in [0.05, 0.1) is 30.5 Å². The van der Waals surface area contributed by atoms with E-state index in [9.17, 15) is 4.79 Å². The van der Waals surface area contributed by atoms with E-state index in [0.29, 0.717) is 19.6 Å². The number of nitrogens with zero attached hydrogens (tertiary/aromatic N) is 5. The molecule has 2 aliphatic heterocycles. The van der Waals surface area contributed by atoms with Crippen LogP contribution < -0.4 is 0 Å². The molecule has 4 rings (SSSR count). The van der Waals surface area contributed by atoms with Gasteiger partial charge in [-0.15, -0.1) is 0 Å². The van der Waals surface area contributed by atoms with Gasteiger partial charge in [-0.2, -0.15) is 5.10 Å². The van der Waals surface area contributed by atoms with Gasteiger partial charge < -0.3 is 4.52 Å². The quantitative estimate of drug-likeness (QED) is 0.831. The monoisotopic (exact) mass is 359 g/mol. The van der Waals surface area contributed by atoms with Crippen molar-refractivity contribution in [3.8, 4) is 0 Å². The van der Waals surface area contributed by atoms with E-state index < -0.39 is 0 Å². The van der Waals surface area contributed by atoms with E-state index in [-0.39, 0.29) is 11.9 Å². The van der Waals surface area contributed by atoms with Gasteiger partial charge >= 0.3 is 0 Å². The van der Waals surface area contributed by atoms with Gasteiger partial charge in [-0.3, -0.25) is 19.2 Å². The van der Waals surface area contributed by atoms with Crippen molar-refractivity contribution in [1.82, 2.24) is 24.9 Å². The highest BCUT2D eigenvalue weighted by molar-refractivity contribution is 5.75. The van der Waals surface area contributed by atoms with Gasteiger partial charge in [-0.25, -0.2) is 5.06 Å². The molecule has 1 fully saturated rings. The highest BCUT2D eigenvalue weighted by Crippen LogP contribution is 2.26. The van der Waals surface area contributed by atoms with E-state index in [0.717, 1.165) is 55.2 Å². The number of aryl methyl sites for hydroxylation is 2. The van der Waals surface area contributed by atoms with Crippen LogP contribution in [0.5, 0.6) is 0 Å². The van der Waals surface area contributed by atoms with Crippen LogP contribution in [0.2, 0.25) is 0 Å². The SMILES string of the molecule is Cc1noc(C)c1CN1Cc2ccnn2C(CC(=O)N2CCCCO2)C1. The zero-order valence-corrected chi connectivity index (χ0v) is 15.3. The largest absolute Gasteiger partial charge is 0.361 e. The Hall–Kier alpha value is -2.19. The van der Waals surface area contributed by atoms with Gasteiger partial charge in [0.15, 0.2) is 0 Å². The smallest absolute Gasteiger partial charge is 0.248 e. The maximum absolute atomic E-state index is 12.6. The first-order chi connectivity index (χ1) is 12.6. The summed E-state index contributed by atoms with van der Waals surface area (Å²) in [7, 11) is 0. The molecule has 2 aliphatic rings. The van der Waals surface area contributed by atoms with E-state index in [1.165, 1.54) is 5.06 Å². The summed E-state index contributed by atoms with van der Waals surface area (Å²) in [6.45, 7) is 7.54. The number of hydrogen-bond donors (Lipinski definition) is 0. The number of hydroxylamine groups is 2. The second kappa shape index (κ2) is 7.20. The fourth-order valence-electron chi connectivity index (χ4n) is 3.78. The number of carbonyl (C=O) groups is 1. The fraction of sp³-hybridized carbons (Fsp3) is 0.611. The molecule has 0 radical (unpaired) electrons. The molecule has 0 aliphatic carbocycles. The highest BCUT2D eigenvalue weighted by Gasteiger charge is 2.30. The van der Waals surface area contributed by atoms with Crippen LogP contribution in [0.1, 0.15) is 48.0 Å². The van der Waals surface area contributed by atoms with Crippen molar-refractivity contribution in [2.75, 3.05) is 19.7 Å². The summed E-state index contributed by atoms with van der Waals surface area (Å²) in [5.74, 6) is 0.895. The predicted octanol–water partition coefficient (Wildman–Crippen LogP) is 1.99. The molecule has 4 heterocycles. The Morgan fingerprint density at radius 3 is 2.96 bits per heavy atom. The Morgan fingerprint density at radius 2 is 2.23 bits per heavy atom. The zero-order valence-electron chi connectivity index (χ0n) is 15.3. The molecule has 2 aromatic heterocycles. The third-order valence-electron chi connectivity index (χ3n) is 5.21. The maximum Gasteiger partial charge on any atom is 0.248 e. The molecule has 1 atom stereocenters. The zero-order chi connectivity index (χ0) is 18.1. The van der Waals surface area contributed by atoms with Gasteiger partial charge in [-0.05, 0) is 32.8 Å². The van der Waals surface area contributed by atoms with Crippen LogP contribution in [0.15, 0.2) is 16.8 Å². The molecule has 0 saturated carbocycles. The van der Waals surface area contributed by atoms with E-state index in [1.54, 1.807) is 0 Å². The molecular formula is C18H25N5O3. The van der Waals surface area contributed by atoms with Crippen LogP contribution in [0.25, 0.3) is 0 Å². The molecule has 2 aromatic rings. The molecule has 26 heavy (non-hydrogen) atoms. The van der Waals surface area contributed by atoms with E-state index in [1.807, 2.05) is 30.8 Å².